The molecule has 1 aliphatic heterocycles. The van der Waals surface area contributed by atoms with Gasteiger partial charge in [0.1, 0.15) is 5.69 Å². The standard InChI is InChI=1S/C20H21N5O/c1-24-12-20(5-6-20)10-17(24)25-8-4-13-11-23-15(9-16(13)25)18-14(19(21)26)3-2-7-22-18/h2-4,7-9,11,17H,5-6,10,12H2,1H3,(H2,21,26)/t17-/m1/s1. The van der Waals surface area contributed by atoms with Crippen LogP contribution in [0.3, 0.4) is 0 Å². The molecule has 1 aliphatic carbocycles. The Morgan fingerprint density at radius 3 is 2.88 bits per heavy atom. The topological polar surface area (TPSA) is 77.0 Å². The molecule has 2 aliphatic rings. The van der Waals surface area contributed by atoms with Gasteiger partial charge in [0.15, 0.2) is 0 Å². The molecule has 1 amide bonds. The highest BCUT2D eigenvalue weighted by molar-refractivity contribution is 5.99. The highest BCUT2D eigenvalue weighted by atomic mass is 16.1. The Morgan fingerprint density at radius 2 is 2.15 bits per heavy atom. The van der Waals surface area contributed by atoms with Gasteiger partial charge in [0.2, 0.25) is 0 Å². The predicted molar refractivity (Wildman–Crippen MR) is 99.4 cm³/mol. The number of aromatic nitrogens is 3. The van der Waals surface area contributed by atoms with Crippen molar-refractivity contribution in [3.63, 3.8) is 0 Å². The third-order valence-electron chi connectivity index (χ3n) is 5.91. The normalized spacial score (nSPS) is 21.5. The van der Waals surface area contributed by atoms with E-state index in [4.69, 9.17) is 5.73 Å². The van der Waals surface area contributed by atoms with Crippen molar-refractivity contribution in [3.05, 3.63) is 48.4 Å². The minimum Gasteiger partial charge on any atom is -0.366 e. The average Bonchev–Trinajstić information content (AvgIpc) is 3.13. The van der Waals surface area contributed by atoms with E-state index in [-0.39, 0.29) is 0 Å². The molecule has 6 nitrogen and oxygen atoms in total. The van der Waals surface area contributed by atoms with Gasteiger partial charge in [0.05, 0.1) is 22.9 Å². The van der Waals surface area contributed by atoms with Crippen molar-refractivity contribution >= 4 is 16.8 Å². The first-order chi connectivity index (χ1) is 12.6. The van der Waals surface area contributed by atoms with Crippen molar-refractivity contribution in [2.45, 2.75) is 25.4 Å². The number of nitrogens with zero attached hydrogens (tertiary/aromatic N) is 4. The summed E-state index contributed by atoms with van der Waals surface area (Å²) in [6.07, 6.45) is 9.90. The Kier molecular flexibility index (Phi) is 3.21. The molecule has 3 aromatic heterocycles. The van der Waals surface area contributed by atoms with Crippen molar-refractivity contribution in [2.75, 3.05) is 13.6 Å². The predicted octanol–water partition coefficient (Wildman–Crippen LogP) is 2.81. The van der Waals surface area contributed by atoms with Crippen LogP contribution in [0, 0.1) is 5.41 Å². The Balaban J connectivity index is 1.61. The largest absolute Gasteiger partial charge is 0.366 e. The number of likely N-dealkylation sites (tertiary alicyclic amines) is 1. The van der Waals surface area contributed by atoms with Crippen molar-refractivity contribution in [1.82, 2.24) is 19.4 Å². The Morgan fingerprint density at radius 1 is 1.31 bits per heavy atom. The number of hydrogen-bond acceptors (Lipinski definition) is 4. The van der Waals surface area contributed by atoms with Gasteiger partial charge in [-0.3, -0.25) is 19.7 Å². The smallest absolute Gasteiger partial charge is 0.250 e. The number of rotatable bonds is 3. The fraction of sp³-hybridized carbons (Fsp3) is 0.350. The van der Waals surface area contributed by atoms with Gasteiger partial charge in [-0.2, -0.15) is 0 Å². The van der Waals surface area contributed by atoms with E-state index < -0.39 is 5.91 Å². The highest BCUT2D eigenvalue weighted by Crippen LogP contribution is 2.57. The quantitative estimate of drug-likeness (QED) is 0.790. The van der Waals surface area contributed by atoms with E-state index in [0.717, 1.165) is 10.9 Å². The summed E-state index contributed by atoms with van der Waals surface area (Å²) in [4.78, 5) is 23.1. The van der Waals surface area contributed by atoms with Crippen LogP contribution in [0.4, 0.5) is 0 Å². The third-order valence-corrected chi connectivity index (χ3v) is 5.91. The van der Waals surface area contributed by atoms with E-state index in [9.17, 15) is 4.79 Å². The SMILES string of the molecule is CN1CC2(CC2)C[C@H]1n1ccc2cnc(-c3ncccc3C(N)=O)cc21. The van der Waals surface area contributed by atoms with Crippen LogP contribution in [0.5, 0.6) is 0 Å². The monoisotopic (exact) mass is 347 g/mol. The molecule has 2 fully saturated rings. The molecule has 0 radical (unpaired) electrons. The van der Waals surface area contributed by atoms with Gasteiger partial charge in [0.25, 0.3) is 5.91 Å². The van der Waals surface area contributed by atoms with Crippen LogP contribution >= 0.6 is 0 Å². The van der Waals surface area contributed by atoms with Gasteiger partial charge in [-0.05, 0) is 56.0 Å². The zero-order chi connectivity index (χ0) is 17.9. The summed E-state index contributed by atoms with van der Waals surface area (Å²) >= 11 is 0. The van der Waals surface area contributed by atoms with Crippen molar-refractivity contribution in [3.8, 4) is 11.4 Å². The Bertz CT molecular complexity index is 1020. The fourth-order valence-corrected chi connectivity index (χ4v) is 4.34. The summed E-state index contributed by atoms with van der Waals surface area (Å²) < 4.78 is 2.33. The number of primary amides is 1. The van der Waals surface area contributed by atoms with Crippen LogP contribution in [-0.4, -0.2) is 38.9 Å². The van der Waals surface area contributed by atoms with Crippen LogP contribution < -0.4 is 5.73 Å². The van der Waals surface area contributed by atoms with Crippen LogP contribution in [0.2, 0.25) is 0 Å². The Labute approximate surface area is 151 Å². The number of fused-ring (bicyclic) bond motifs is 1. The molecule has 1 saturated heterocycles. The second-order valence-corrected chi connectivity index (χ2v) is 7.72. The molecule has 0 aromatic carbocycles. The van der Waals surface area contributed by atoms with Crippen molar-refractivity contribution in [2.24, 2.45) is 11.1 Å². The molecule has 0 bridgehead atoms. The van der Waals surface area contributed by atoms with Gasteiger partial charge in [-0.15, -0.1) is 0 Å². The van der Waals surface area contributed by atoms with Crippen LogP contribution in [0.15, 0.2) is 42.9 Å². The van der Waals surface area contributed by atoms with Gasteiger partial charge < -0.3 is 10.3 Å². The lowest BCUT2D eigenvalue weighted by atomic mass is 10.1. The summed E-state index contributed by atoms with van der Waals surface area (Å²) in [6, 6.07) is 7.53. The minimum absolute atomic E-state index is 0.365. The molecule has 26 heavy (non-hydrogen) atoms. The molecule has 1 atom stereocenters. The summed E-state index contributed by atoms with van der Waals surface area (Å²) in [7, 11) is 2.20. The first-order valence-electron chi connectivity index (χ1n) is 8.98. The molecular weight excluding hydrogens is 326 g/mol. The van der Waals surface area contributed by atoms with E-state index in [1.54, 1.807) is 18.3 Å². The van der Waals surface area contributed by atoms with Crippen LogP contribution in [0.1, 0.15) is 35.8 Å². The molecule has 1 spiro atoms. The number of nitrogens with two attached hydrogens (primary N) is 1. The number of pyridine rings is 2. The lowest BCUT2D eigenvalue weighted by Crippen LogP contribution is -2.22. The zero-order valence-electron chi connectivity index (χ0n) is 14.7. The highest BCUT2D eigenvalue weighted by Gasteiger charge is 2.51. The number of hydrogen-bond donors (Lipinski definition) is 1. The van der Waals surface area contributed by atoms with Crippen LogP contribution in [0.25, 0.3) is 22.3 Å². The maximum absolute atomic E-state index is 11.7. The van der Waals surface area contributed by atoms with Crippen LogP contribution in [-0.2, 0) is 0 Å². The fourth-order valence-electron chi connectivity index (χ4n) is 4.34. The Hall–Kier alpha value is -2.73. The molecule has 2 N–H and O–H groups in total. The van der Waals surface area contributed by atoms with Gasteiger partial charge in [-0.1, -0.05) is 0 Å². The number of carbonyl (C=O) groups excluding carboxylic acids is 1. The molecule has 1 saturated carbocycles. The van der Waals surface area contributed by atoms with E-state index in [2.05, 4.69) is 38.7 Å². The zero-order valence-corrected chi connectivity index (χ0v) is 14.7. The first kappa shape index (κ1) is 15.5. The summed E-state index contributed by atoms with van der Waals surface area (Å²) in [5.41, 5.74) is 8.77. The molecular formula is C20H21N5O. The molecule has 6 heteroatoms. The average molecular weight is 347 g/mol. The lowest BCUT2D eigenvalue weighted by Gasteiger charge is -2.22. The second kappa shape index (κ2) is 5.38. The lowest BCUT2D eigenvalue weighted by molar-refractivity contribution is 0.100. The number of carbonyl (C=O) groups is 1. The third kappa shape index (κ3) is 2.33. The maximum Gasteiger partial charge on any atom is 0.250 e. The second-order valence-electron chi connectivity index (χ2n) is 7.72. The van der Waals surface area contributed by atoms with E-state index in [1.165, 1.54) is 25.8 Å². The molecule has 132 valence electrons. The summed E-state index contributed by atoms with van der Waals surface area (Å²) in [5.74, 6) is -0.489. The molecule has 0 unspecified atom stereocenters. The molecule has 3 aromatic rings. The van der Waals surface area contributed by atoms with E-state index >= 15 is 0 Å². The molecule has 4 heterocycles. The maximum atomic E-state index is 11.7. The minimum atomic E-state index is -0.489. The molecule has 5 rings (SSSR count). The number of amides is 1. The first-order valence-corrected chi connectivity index (χ1v) is 8.98. The van der Waals surface area contributed by atoms with E-state index in [0.29, 0.717) is 28.5 Å². The van der Waals surface area contributed by atoms with Gasteiger partial charge in [0, 0.05) is 30.5 Å². The van der Waals surface area contributed by atoms with Gasteiger partial charge >= 0.3 is 0 Å². The summed E-state index contributed by atoms with van der Waals surface area (Å²) in [5, 5.41) is 1.09. The summed E-state index contributed by atoms with van der Waals surface area (Å²) in [6.45, 7) is 1.17. The van der Waals surface area contributed by atoms with Crippen molar-refractivity contribution in [1.29, 1.82) is 0 Å². The van der Waals surface area contributed by atoms with Crippen molar-refractivity contribution < 1.29 is 4.79 Å². The van der Waals surface area contributed by atoms with E-state index in [1.807, 2.05) is 12.3 Å². The van der Waals surface area contributed by atoms with Gasteiger partial charge in [-0.25, -0.2) is 0 Å².